The normalized spacial score (nSPS) is 26.2. The number of nitrogens with zero attached hydrogens (tertiary/aromatic N) is 1. The predicted molar refractivity (Wildman–Crippen MR) is 74.0 cm³/mol. The van der Waals surface area contributed by atoms with E-state index in [1.54, 1.807) is 0 Å². The first-order valence-electron chi connectivity index (χ1n) is 5.31. The van der Waals surface area contributed by atoms with Gasteiger partial charge in [-0.2, -0.15) is 0 Å². The van der Waals surface area contributed by atoms with Crippen molar-refractivity contribution in [2.45, 2.75) is 18.9 Å². The molecule has 2 heterocycles. The molecule has 0 spiro atoms. The lowest BCUT2D eigenvalue weighted by Gasteiger charge is -2.25. The van der Waals surface area contributed by atoms with E-state index in [1.165, 1.54) is 6.07 Å². The molecule has 1 aliphatic heterocycles. The van der Waals surface area contributed by atoms with Gasteiger partial charge in [0.15, 0.2) is 9.84 Å². The molecule has 1 atom stereocenters. The molecular formula is C10H13Cl2N3O2S. The van der Waals surface area contributed by atoms with E-state index in [-0.39, 0.29) is 22.3 Å². The van der Waals surface area contributed by atoms with Gasteiger partial charge in [0.25, 0.3) is 0 Å². The van der Waals surface area contributed by atoms with E-state index in [2.05, 4.69) is 10.3 Å². The largest absolute Gasteiger partial charge is 0.382 e. The second-order valence-electron chi connectivity index (χ2n) is 4.71. The molecule has 8 heteroatoms. The summed E-state index contributed by atoms with van der Waals surface area (Å²) in [7, 11) is -3.00. The second-order valence-corrected chi connectivity index (χ2v) is 7.71. The van der Waals surface area contributed by atoms with Crippen LogP contribution in [0.3, 0.4) is 0 Å². The van der Waals surface area contributed by atoms with Gasteiger partial charge in [-0.05, 0) is 19.4 Å². The fourth-order valence-electron chi connectivity index (χ4n) is 1.96. The molecule has 1 saturated heterocycles. The standard InChI is InChI=1S/C10H13Cl2N3O2S/c1-10(2-3-18(16,17)5-10)15-9-7(12)4-6(11)8(13)14-9/h4H,2-3,5H2,1H3,(H3,13,14,15). The van der Waals surface area contributed by atoms with Crippen LogP contribution in [0.2, 0.25) is 10.0 Å². The highest BCUT2D eigenvalue weighted by atomic mass is 35.5. The number of pyridine rings is 1. The molecule has 1 aliphatic rings. The van der Waals surface area contributed by atoms with Gasteiger partial charge < -0.3 is 11.1 Å². The lowest BCUT2D eigenvalue weighted by atomic mass is 10.0. The van der Waals surface area contributed by atoms with Gasteiger partial charge in [-0.15, -0.1) is 0 Å². The second kappa shape index (κ2) is 4.43. The van der Waals surface area contributed by atoms with Gasteiger partial charge >= 0.3 is 0 Å². The van der Waals surface area contributed by atoms with Crippen molar-refractivity contribution < 1.29 is 8.42 Å². The molecular weight excluding hydrogens is 297 g/mol. The summed E-state index contributed by atoms with van der Waals surface area (Å²) in [6, 6.07) is 1.49. The summed E-state index contributed by atoms with van der Waals surface area (Å²) >= 11 is 11.8. The van der Waals surface area contributed by atoms with Crippen LogP contribution in [0, 0.1) is 0 Å². The molecule has 0 aromatic carbocycles. The Morgan fingerprint density at radius 3 is 2.67 bits per heavy atom. The summed E-state index contributed by atoms with van der Waals surface area (Å²) in [5.74, 6) is 0.740. The Morgan fingerprint density at radius 2 is 2.11 bits per heavy atom. The van der Waals surface area contributed by atoms with Crippen LogP contribution < -0.4 is 11.1 Å². The van der Waals surface area contributed by atoms with Crippen molar-refractivity contribution in [3.05, 3.63) is 16.1 Å². The van der Waals surface area contributed by atoms with Crippen LogP contribution in [0.5, 0.6) is 0 Å². The third-order valence-corrected chi connectivity index (χ3v) is 5.37. The molecule has 1 fully saturated rings. The van der Waals surface area contributed by atoms with Crippen molar-refractivity contribution in [3.63, 3.8) is 0 Å². The number of aromatic nitrogens is 1. The summed E-state index contributed by atoms with van der Waals surface area (Å²) in [4.78, 5) is 4.04. The van der Waals surface area contributed by atoms with Crippen molar-refractivity contribution in [3.8, 4) is 0 Å². The number of rotatable bonds is 2. The van der Waals surface area contributed by atoms with E-state index >= 15 is 0 Å². The maximum Gasteiger partial charge on any atom is 0.152 e. The number of nitrogens with two attached hydrogens (primary N) is 1. The zero-order valence-corrected chi connectivity index (χ0v) is 12.0. The first-order valence-corrected chi connectivity index (χ1v) is 7.89. The Balaban J connectivity index is 2.28. The molecule has 100 valence electrons. The molecule has 18 heavy (non-hydrogen) atoms. The third kappa shape index (κ3) is 2.81. The van der Waals surface area contributed by atoms with Crippen LogP contribution in [-0.2, 0) is 9.84 Å². The van der Waals surface area contributed by atoms with Gasteiger partial charge in [0.05, 0.1) is 27.1 Å². The number of anilines is 2. The van der Waals surface area contributed by atoms with Gasteiger partial charge in [0, 0.05) is 0 Å². The van der Waals surface area contributed by atoms with Crippen LogP contribution in [0.25, 0.3) is 0 Å². The van der Waals surface area contributed by atoms with Crippen LogP contribution >= 0.6 is 23.2 Å². The zero-order valence-electron chi connectivity index (χ0n) is 9.70. The van der Waals surface area contributed by atoms with Crippen LogP contribution in [0.15, 0.2) is 6.07 Å². The van der Waals surface area contributed by atoms with E-state index in [9.17, 15) is 8.42 Å². The quantitative estimate of drug-likeness (QED) is 0.872. The topological polar surface area (TPSA) is 85.1 Å². The summed E-state index contributed by atoms with van der Waals surface area (Å²) in [6.07, 6.45) is 0.510. The Labute approximate surface area is 116 Å². The minimum absolute atomic E-state index is 0.0561. The summed E-state index contributed by atoms with van der Waals surface area (Å²) in [5, 5.41) is 3.64. The van der Waals surface area contributed by atoms with Crippen molar-refractivity contribution in [1.29, 1.82) is 0 Å². The smallest absolute Gasteiger partial charge is 0.152 e. The van der Waals surface area contributed by atoms with Crippen LogP contribution in [0.4, 0.5) is 11.6 Å². The predicted octanol–water partition coefficient (Wildman–Crippen LogP) is 1.96. The van der Waals surface area contributed by atoms with Gasteiger partial charge in [-0.25, -0.2) is 13.4 Å². The molecule has 0 aliphatic carbocycles. The number of nitrogens with one attached hydrogen (secondary N) is 1. The molecule has 1 unspecified atom stereocenters. The number of sulfone groups is 1. The lowest BCUT2D eigenvalue weighted by molar-refractivity contribution is 0.572. The first kappa shape index (κ1) is 13.7. The molecule has 3 N–H and O–H groups in total. The van der Waals surface area contributed by atoms with Crippen LogP contribution in [0.1, 0.15) is 13.3 Å². The Hall–Kier alpha value is -0.720. The molecule has 0 amide bonds. The first-order chi connectivity index (χ1) is 8.21. The van der Waals surface area contributed by atoms with Crippen LogP contribution in [-0.4, -0.2) is 30.4 Å². The molecule has 0 radical (unpaired) electrons. The fourth-order valence-corrected chi connectivity index (χ4v) is 4.46. The Bertz CT molecular complexity index is 591. The van der Waals surface area contributed by atoms with Gasteiger partial charge in [-0.3, -0.25) is 0 Å². The van der Waals surface area contributed by atoms with Crippen molar-refractivity contribution in [2.75, 3.05) is 22.6 Å². The molecule has 0 bridgehead atoms. The van der Waals surface area contributed by atoms with E-state index in [4.69, 9.17) is 28.9 Å². The highest BCUT2D eigenvalue weighted by molar-refractivity contribution is 7.91. The monoisotopic (exact) mass is 309 g/mol. The molecule has 5 nitrogen and oxygen atoms in total. The number of nitrogen functional groups attached to an aromatic ring is 1. The van der Waals surface area contributed by atoms with E-state index in [1.807, 2.05) is 6.92 Å². The van der Waals surface area contributed by atoms with E-state index < -0.39 is 15.4 Å². The van der Waals surface area contributed by atoms with Gasteiger partial charge in [0.2, 0.25) is 0 Å². The average molecular weight is 310 g/mol. The lowest BCUT2D eigenvalue weighted by Crippen LogP contribution is -2.36. The minimum Gasteiger partial charge on any atom is -0.382 e. The Morgan fingerprint density at radius 1 is 1.44 bits per heavy atom. The van der Waals surface area contributed by atoms with Crippen molar-refractivity contribution >= 4 is 44.7 Å². The summed E-state index contributed by atoms with van der Waals surface area (Å²) in [5.41, 5.74) is 5.03. The summed E-state index contributed by atoms with van der Waals surface area (Å²) < 4.78 is 23.0. The van der Waals surface area contributed by atoms with Gasteiger partial charge in [-0.1, -0.05) is 23.2 Å². The van der Waals surface area contributed by atoms with Crippen molar-refractivity contribution in [2.24, 2.45) is 0 Å². The zero-order chi connectivity index (χ0) is 13.6. The molecule has 2 rings (SSSR count). The SMILES string of the molecule is CC1(Nc2nc(N)c(Cl)cc2Cl)CCS(=O)(=O)C1. The average Bonchev–Trinajstić information content (AvgIpc) is 2.50. The summed E-state index contributed by atoms with van der Waals surface area (Å²) in [6.45, 7) is 1.82. The molecule has 1 aromatic heterocycles. The highest BCUT2D eigenvalue weighted by Gasteiger charge is 2.38. The maximum absolute atomic E-state index is 11.5. The minimum atomic E-state index is -3.00. The highest BCUT2D eigenvalue weighted by Crippen LogP contribution is 2.32. The van der Waals surface area contributed by atoms with E-state index in [0.717, 1.165) is 0 Å². The van der Waals surface area contributed by atoms with Crippen molar-refractivity contribution in [1.82, 2.24) is 4.98 Å². The van der Waals surface area contributed by atoms with Gasteiger partial charge in [0.1, 0.15) is 11.6 Å². The maximum atomic E-state index is 11.5. The number of hydrogen-bond acceptors (Lipinski definition) is 5. The molecule has 0 saturated carbocycles. The fraction of sp³-hybridized carbons (Fsp3) is 0.500. The number of halogens is 2. The molecule has 1 aromatic rings. The van der Waals surface area contributed by atoms with E-state index in [0.29, 0.717) is 17.3 Å². The number of hydrogen-bond donors (Lipinski definition) is 2. The Kier molecular flexibility index (Phi) is 3.38. The third-order valence-electron chi connectivity index (χ3n) is 2.88.